The van der Waals surface area contributed by atoms with Gasteiger partial charge in [0.1, 0.15) is 0 Å². The highest BCUT2D eigenvalue weighted by atomic mass is 16.3. The number of aliphatic hydroxyl groups is 1. The quantitative estimate of drug-likeness (QED) is 0.579. The van der Waals surface area contributed by atoms with E-state index in [2.05, 4.69) is 4.90 Å². The smallest absolute Gasteiger partial charge is 0.0796 e. The van der Waals surface area contributed by atoms with Gasteiger partial charge in [0, 0.05) is 19.1 Å². The van der Waals surface area contributed by atoms with Gasteiger partial charge in [0.05, 0.1) is 5.60 Å². The van der Waals surface area contributed by atoms with Crippen LogP contribution in [0, 0.1) is 0 Å². The number of hydrogen-bond donors (Lipinski definition) is 2. The van der Waals surface area contributed by atoms with Gasteiger partial charge in [-0.15, -0.1) is 0 Å². The molecule has 2 atom stereocenters. The molecule has 2 aliphatic rings. The summed E-state index contributed by atoms with van der Waals surface area (Å²) in [5.41, 5.74) is 5.00. The van der Waals surface area contributed by atoms with Crippen LogP contribution in [0.2, 0.25) is 0 Å². The first kappa shape index (κ1) is 8.48. The molecule has 2 saturated heterocycles. The van der Waals surface area contributed by atoms with Gasteiger partial charge in [-0.1, -0.05) is 0 Å². The molecule has 2 rings (SSSR count). The molecule has 0 spiro atoms. The van der Waals surface area contributed by atoms with Gasteiger partial charge >= 0.3 is 0 Å². The Hall–Kier alpha value is -0.120. The van der Waals surface area contributed by atoms with Crippen molar-refractivity contribution in [2.75, 3.05) is 19.6 Å². The van der Waals surface area contributed by atoms with E-state index in [0.717, 1.165) is 19.4 Å². The fourth-order valence-corrected chi connectivity index (χ4v) is 2.50. The zero-order valence-corrected chi connectivity index (χ0v) is 7.50. The second kappa shape index (κ2) is 2.98. The Balaban J connectivity index is 2.00. The molecular weight excluding hydrogens is 152 g/mol. The summed E-state index contributed by atoms with van der Waals surface area (Å²) in [6.45, 7) is 2.70. The molecule has 3 nitrogen and oxygen atoms in total. The average molecular weight is 170 g/mol. The molecule has 0 aromatic carbocycles. The second-order valence-electron chi connectivity index (χ2n) is 4.21. The molecule has 12 heavy (non-hydrogen) atoms. The SMILES string of the molecule is NCC1(O)CCN2CCCC2C1. The van der Waals surface area contributed by atoms with Crippen molar-refractivity contribution in [2.45, 2.75) is 37.3 Å². The van der Waals surface area contributed by atoms with Crippen LogP contribution in [-0.4, -0.2) is 41.3 Å². The summed E-state index contributed by atoms with van der Waals surface area (Å²) < 4.78 is 0. The van der Waals surface area contributed by atoms with E-state index in [1.54, 1.807) is 0 Å². The van der Waals surface area contributed by atoms with Gasteiger partial charge in [0.2, 0.25) is 0 Å². The third-order valence-corrected chi connectivity index (χ3v) is 3.36. The molecule has 2 aliphatic heterocycles. The normalized spacial score (nSPS) is 43.0. The predicted octanol–water partition coefficient (Wildman–Crippen LogP) is -0.0656. The number of piperidine rings is 1. The zero-order valence-electron chi connectivity index (χ0n) is 7.50. The fraction of sp³-hybridized carbons (Fsp3) is 1.00. The Bertz CT molecular complexity index is 174. The zero-order chi connectivity index (χ0) is 8.60. The van der Waals surface area contributed by atoms with Gasteiger partial charge in [0.25, 0.3) is 0 Å². The summed E-state index contributed by atoms with van der Waals surface area (Å²) in [5, 5.41) is 9.98. The third-order valence-electron chi connectivity index (χ3n) is 3.36. The van der Waals surface area contributed by atoms with Crippen molar-refractivity contribution in [3.63, 3.8) is 0 Å². The minimum Gasteiger partial charge on any atom is -0.388 e. The average Bonchev–Trinajstić information content (AvgIpc) is 2.51. The highest BCUT2D eigenvalue weighted by molar-refractivity contribution is 4.95. The van der Waals surface area contributed by atoms with Gasteiger partial charge in [-0.3, -0.25) is 0 Å². The molecule has 3 N–H and O–H groups in total. The Morgan fingerprint density at radius 1 is 1.50 bits per heavy atom. The minimum absolute atomic E-state index is 0.428. The van der Waals surface area contributed by atoms with Gasteiger partial charge < -0.3 is 15.7 Å². The molecule has 0 saturated carbocycles. The molecule has 0 amide bonds. The summed E-state index contributed by atoms with van der Waals surface area (Å²) in [7, 11) is 0. The van der Waals surface area contributed by atoms with E-state index in [0.29, 0.717) is 12.6 Å². The van der Waals surface area contributed by atoms with Gasteiger partial charge in [-0.05, 0) is 32.2 Å². The summed E-state index contributed by atoms with van der Waals surface area (Å²) in [6, 6.07) is 0.618. The van der Waals surface area contributed by atoms with Crippen LogP contribution in [0.5, 0.6) is 0 Å². The maximum absolute atomic E-state index is 9.98. The lowest BCUT2D eigenvalue weighted by Crippen LogP contribution is -2.51. The molecule has 0 aromatic heterocycles. The Morgan fingerprint density at radius 2 is 2.33 bits per heavy atom. The van der Waals surface area contributed by atoms with Gasteiger partial charge in [-0.2, -0.15) is 0 Å². The topological polar surface area (TPSA) is 49.5 Å². The lowest BCUT2D eigenvalue weighted by atomic mass is 9.87. The summed E-state index contributed by atoms with van der Waals surface area (Å²) in [6.07, 6.45) is 4.30. The Labute approximate surface area is 73.5 Å². The van der Waals surface area contributed by atoms with Crippen LogP contribution in [0.1, 0.15) is 25.7 Å². The van der Waals surface area contributed by atoms with E-state index in [1.165, 1.54) is 19.4 Å². The summed E-state index contributed by atoms with van der Waals surface area (Å²) in [4.78, 5) is 2.49. The van der Waals surface area contributed by atoms with Crippen LogP contribution in [0.25, 0.3) is 0 Å². The van der Waals surface area contributed by atoms with Crippen molar-refractivity contribution < 1.29 is 5.11 Å². The van der Waals surface area contributed by atoms with Gasteiger partial charge in [-0.25, -0.2) is 0 Å². The molecule has 3 heteroatoms. The lowest BCUT2D eigenvalue weighted by molar-refractivity contribution is -0.0285. The molecule has 2 fully saturated rings. The second-order valence-corrected chi connectivity index (χ2v) is 4.21. The maximum Gasteiger partial charge on any atom is 0.0796 e. The highest BCUT2D eigenvalue weighted by Crippen LogP contribution is 2.32. The fourth-order valence-electron chi connectivity index (χ4n) is 2.50. The Kier molecular flexibility index (Phi) is 2.10. The molecular formula is C9H18N2O. The van der Waals surface area contributed by atoms with Crippen molar-refractivity contribution in [2.24, 2.45) is 5.73 Å². The van der Waals surface area contributed by atoms with Crippen molar-refractivity contribution in [3.8, 4) is 0 Å². The molecule has 0 bridgehead atoms. The predicted molar refractivity (Wildman–Crippen MR) is 47.8 cm³/mol. The first-order chi connectivity index (χ1) is 5.73. The van der Waals surface area contributed by atoms with Crippen molar-refractivity contribution in [1.29, 1.82) is 0 Å². The molecule has 2 heterocycles. The molecule has 0 aliphatic carbocycles. The first-order valence-electron chi connectivity index (χ1n) is 4.90. The van der Waals surface area contributed by atoms with E-state index in [9.17, 15) is 5.11 Å². The molecule has 70 valence electrons. The van der Waals surface area contributed by atoms with Crippen molar-refractivity contribution >= 4 is 0 Å². The van der Waals surface area contributed by atoms with Crippen LogP contribution in [0.3, 0.4) is 0 Å². The van der Waals surface area contributed by atoms with E-state index < -0.39 is 5.60 Å². The number of rotatable bonds is 1. The molecule has 0 radical (unpaired) electrons. The van der Waals surface area contributed by atoms with Crippen LogP contribution in [0.4, 0.5) is 0 Å². The molecule has 2 unspecified atom stereocenters. The van der Waals surface area contributed by atoms with Crippen molar-refractivity contribution in [1.82, 2.24) is 4.90 Å². The monoisotopic (exact) mass is 170 g/mol. The number of nitrogens with zero attached hydrogens (tertiary/aromatic N) is 1. The first-order valence-corrected chi connectivity index (χ1v) is 4.90. The van der Waals surface area contributed by atoms with Crippen LogP contribution in [0.15, 0.2) is 0 Å². The lowest BCUT2D eigenvalue weighted by Gasteiger charge is -2.40. The number of fused-ring (bicyclic) bond motifs is 1. The minimum atomic E-state index is -0.550. The number of hydrogen-bond acceptors (Lipinski definition) is 3. The van der Waals surface area contributed by atoms with Crippen LogP contribution >= 0.6 is 0 Å². The summed E-state index contributed by atoms with van der Waals surface area (Å²) in [5.74, 6) is 0. The largest absolute Gasteiger partial charge is 0.388 e. The van der Waals surface area contributed by atoms with E-state index in [-0.39, 0.29) is 0 Å². The van der Waals surface area contributed by atoms with E-state index in [4.69, 9.17) is 5.73 Å². The molecule has 0 aromatic rings. The standard InChI is InChI=1S/C9H18N2O/c10-7-9(12)3-5-11-4-1-2-8(11)6-9/h8,12H,1-7,10H2. The van der Waals surface area contributed by atoms with Gasteiger partial charge in [0.15, 0.2) is 0 Å². The van der Waals surface area contributed by atoms with Crippen LogP contribution < -0.4 is 5.73 Å². The van der Waals surface area contributed by atoms with E-state index >= 15 is 0 Å². The third kappa shape index (κ3) is 1.37. The summed E-state index contributed by atoms with van der Waals surface area (Å²) >= 11 is 0. The maximum atomic E-state index is 9.98. The Morgan fingerprint density at radius 3 is 3.08 bits per heavy atom. The number of nitrogens with two attached hydrogens (primary N) is 1. The van der Waals surface area contributed by atoms with E-state index in [1.807, 2.05) is 0 Å². The van der Waals surface area contributed by atoms with Crippen molar-refractivity contribution in [3.05, 3.63) is 0 Å². The highest BCUT2D eigenvalue weighted by Gasteiger charge is 2.38. The van der Waals surface area contributed by atoms with Crippen LogP contribution in [-0.2, 0) is 0 Å².